The number of nitrogens with one attached hydrogen (secondary N) is 1. The Balaban J connectivity index is 1.52. The van der Waals surface area contributed by atoms with Gasteiger partial charge in [0.1, 0.15) is 18.1 Å². The zero-order valence-electron chi connectivity index (χ0n) is 14.9. The van der Waals surface area contributed by atoms with Gasteiger partial charge in [-0.25, -0.2) is 5.43 Å². The van der Waals surface area contributed by atoms with E-state index in [9.17, 15) is 9.90 Å². The first-order valence-electron chi connectivity index (χ1n) is 8.51. The third-order valence-electron chi connectivity index (χ3n) is 3.93. The molecule has 0 saturated heterocycles. The average molecular weight is 360 g/mol. The summed E-state index contributed by atoms with van der Waals surface area (Å²) in [4.78, 5) is 11.9. The van der Waals surface area contributed by atoms with Crippen LogP contribution in [0, 0.1) is 6.92 Å². The van der Waals surface area contributed by atoms with Crippen LogP contribution in [0.4, 0.5) is 0 Å². The molecule has 3 aromatic rings. The van der Waals surface area contributed by atoms with Gasteiger partial charge in [-0.15, -0.1) is 0 Å². The number of ether oxygens (including phenoxy) is 1. The Hall–Kier alpha value is -3.60. The minimum Gasteiger partial charge on any atom is -0.507 e. The summed E-state index contributed by atoms with van der Waals surface area (Å²) >= 11 is 0. The number of rotatable bonds is 6. The second kappa shape index (κ2) is 8.67. The molecule has 0 aromatic heterocycles. The number of amides is 1. The average Bonchev–Trinajstić information content (AvgIpc) is 2.69. The van der Waals surface area contributed by atoms with Crippen molar-refractivity contribution in [1.82, 2.24) is 5.43 Å². The second-order valence-electron chi connectivity index (χ2n) is 6.06. The first-order valence-corrected chi connectivity index (χ1v) is 8.51. The summed E-state index contributed by atoms with van der Waals surface area (Å²) in [6, 6.07) is 21.9. The quantitative estimate of drug-likeness (QED) is 0.515. The first-order chi connectivity index (χ1) is 13.1. The van der Waals surface area contributed by atoms with Gasteiger partial charge in [0.25, 0.3) is 5.91 Å². The highest BCUT2D eigenvalue weighted by molar-refractivity contribution is 5.97. The molecule has 0 bridgehead atoms. The van der Waals surface area contributed by atoms with Crippen LogP contribution in [0.2, 0.25) is 0 Å². The molecule has 0 aliphatic rings. The van der Waals surface area contributed by atoms with Crippen LogP contribution < -0.4 is 10.2 Å². The monoisotopic (exact) mass is 360 g/mol. The molecule has 0 aliphatic carbocycles. The lowest BCUT2D eigenvalue weighted by molar-refractivity contribution is 0.0952. The van der Waals surface area contributed by atoms with Crippen molar-refractivity contribution in [3.8, 4) is 11.5 Å². The van der Waals surface area contributed by atoms with Crippen LogP contribution in [-0.2, 0) is 6.61 Å². The normalized spacial score (nSPS) is 10.7. The molecule has 2 N–H and O–H groups in total. The largest absolute Gasteiger partial charge is 0.507 e. The van der Waals surface area contributed by atoms with Crippen LogP contribution in [-0.4, -0.2) is 17.2 Å². The molecule has 0 fully saturated rings. The van der Waals surface area contributed by atoms with Crippen molar-refractivity contribution in [3.63, 3.8) is 0 Å². The molecule has 0 atom stereocenters. The lowest BCUT2D eigenvalue weighted by atomic mass is 10.2. The van der Waals surface area contributed by atoms with Crippen LogP contribution in [0.25, 0.3) is 0 Å². The number of hydrazone groups is 1. The van der Waals surface area contributed by atoms with Gasteiger partial charge in [-0.1, -0.05) is 42.0 Å². The fourth-order valence-corrected chi connectivity index (χ4v) is 2.39. The SMILES string of the molecule is Cc1ccc(COc2ccc(/C=N\NC(=O)c3ccccc3O)cc2)cc1. The zero-order valence-corrected chi connectivity index (χ0v) is 14.9. The van der Waals surface area contributed by atoms with E-state index >= 15 is 0 Å². The van der Waals surface area contributed by atoms with Crippen molar-refractivity contribution >= 4 is 12.1 Å². The number of aromatic hydroxyl groups is 1. The number of hydrogen-bond acceptors (Lipinski definition) is 4. The van der Waals surface area contributed by atoms with E-state index in [1.54, 1.807) is 12.1 Å². The minimum atomic E-state index is -0.470. The number of phenols is 1. The highest BCUT2D eigenvalue weighted by atomic mass is 16.5. The molecule has 5 nitrogen and oxygen atoms in total. The summed E-state index contributed by atoms with van der Waals surface area (Å²) in [5, 5.41) is 13.6. The Bertz CT molecular complexity index is 933. The minimum absolute atomic E-state index is 0.0831. The predicted octanol–water partition coefficient (Wildman–Crippen LogP) is 4.04. The topological polar surface area (TPSA) is 70.9 Å². The number of para-hydroxylation sites is 1. The third kappa shape index (κ3) is 5.19. The van der Waals surface area contributed by atoms with Gasteiger partial charge in [0.15, 0.2) is 0 Å². The number of benzene rings is 3. The van der Waals surface area contributed by atoms with Gasteiger partial charge in [-0.3, -0.25) is 4.79 Å². The summed E-state index contributed by atoms with van der Waals surface area (Å²) < 4.78 is 5.76. The van der Waals surface area contributed by atoms with Gasteiger partial charge in [0, 0.05) is 0 Å². The number of nitrogens with zero attached hydrogens (tertiary/aromatic N) is 1. The number of carbonyl (C=O) groups excluding carboxylic acids is 1. The highest BCUT2D eigenvalue weighted by Crippen LogP contribution is 2.15. The molecule has 0 heterocycles. The standard InChI is InChI=1S/C22H20N2O3/c1-16-6-8-18(9-7-16)15-27-19-12-10-17(11-13-19)14-23-24-22(26)20-4-2-3-5-21(20)25/h2-14,25H,15H2,1H3,(H,24,26)/b23-14-. The Morgan fingerprint density at radius 2 is 1.74 bits per heavy atom. The molecule has 1 amide bonds. The Labute approximate surface area is 157 Å². The predicted molar refractivity (Wildman–Crippen MR) is 105 cm³/mol. The van der Waals surface area contributed by atoms with Crippen molar-refractivity contribution in [1.29, 1.82) is 0 Å². The smallest absolute Gasteiger partial charge is 0.275 e. The number of aryl methyl sites for hydroxylation is 1. The molecular weight excluding hydrogens is 340 g/mol. The van der Waals surface area contributed by atoms with E-state index in [0.717, 1.165) is 16.9 Å². The summed E-state index contributed by atoms with van der Waals surface area (Å²) in [5.41, 5.74) is 5.71. The highest BCUT2D eigenvalue weighted by Gasteiger charge is 2.08. The van der Waals surface area contributed by atoms with E-state index in [1.807, 2.05) is 36.4 Å². The Morgan fingerprint density at radius 1 is 1.04 bits per heavy atom. The van der Waals surface area contributed by atoms with Gasteiger partial charge in [-0.05, 0) is 54.4 Å². The van der Waals surface area contributed by atoms with Crippen molar-refractivity contribution in [3.05, 3.63) is 95.1 Å². The maximum absolute atomic E-state index is 11.9. The van der Waals surface area contributed by atoms with Crippen molar-refractivity contribution in [2.75, 3.05) is 0 Å². The van der Waals surface area contributed by atoms with Crippen LogP contribution >= 0.6 is 0 Å². The van der Waals surface area contributed by atoms with Gasteiger partial charge in [0.05, 0.1) is 11.8 Å². The fourth-order valence-electron chi connectivity index (χ4n) is 2.39. The van der Waals surface area contributed by atoms with Gasteiger partial charge >= 0.3 is 0 Å². The molecule has 3 aromatic carbocycles. The van der Waals surface area contributed by atoms with Crippen LogP contribution in [0.15, 0.2) is 77.9 Å². The molecule has 5 heteroatoms. The number of carbonyl (C=O) groups is 1. The molecule has 3 rings (SSSR count). The van der Waals surface area contributed by atoms with Gasteiger partial charge in [0.2, 0.25) is 0 Å². The van der Waals surface area contributed by atoms with Crippen LogP contribution in [0.5, 0.6) is 11.5 Å². The molecule has 136 valence electrons. The van der Waals surface area contributed by atoms with Crippen molar-refractivity contribution in [2.45, 2.75) is 13.5 Å². The van der Waals surface area contributed by atoms with Gasteiger partial charge < -0.3 is 9.84 Å². The van der Waals surface area contributed by atoms with E-state index in [0.29, 0.717) is 6.61 Å². The summed E-state index contributed by atoms with van der Waals surface area (Å²) in [6.45, 7) is 2.56. The molecule has 0 spiro atoms. The Kier molecular flexibility index (Phi) is 5.84. The van der Waals surface area contributed by atoms with E-state index < -0.39 is 5.91 Å². The van der Waals surface area contributed by atoms with Crippen molar-refractivity contribution in [2.24, 2.45) is 5.10 Å². The van der Waals surface area contributed by atoms with Crippen molar-refractivity contribution < 1.29 is 14.6 Å². The Morgan fingerprint density at radius 3 is 2.44 bits per heavy atom. The van der Waals surface area contributed by atoms with E-state index in [1.165, 1.54) is 23.9 Å². The zero-order chi connectivity index (χ0) is 19.1. The van der Waals surface area contributed by atoms with Crippen LogP contribution in [0.1, 0.15) is 27.0 Å². The summed E-state index contributed by atoms with van der Waals surface area (Å²) in [5.74, 6) is 0.202. The molecule has 27 heavy (non-hydrogen) atoms. The third-order valence-corrected chi connectivity index (χ3v) is 3.93. The molecule has 0 radical (unpaired) electrons. The number of hydrogen-bond donors (Lipinski definition) is 2. The summed E-state index contributed by atoms with van der Waals surface area (Å²) in [7, 11) is 0. The van der Waals surface area contributed by atoms with E-state index in [-0.39, 0.29) is 11.3 Å². The summed E-state index contributed by atoms with van der Waals surface area (Å²) in [6.07, 6.45) is 1.53. The van der Waals surface area contributed by atoms with Crippen LogP contribution in [0.3, 0.4) is 0 Å². The second-order valence-corrected chi connectivity index (χ2v) is 6.06. The van der Waals surface area contributed by atoms with Gasteiger partial charge in [-0.2, -0.15) is 5.10 Å². The maximum atomic E-state index is 11.9. The fraction of sp³-hybridized carbons (Fsp3) is 0.0909. The molecule has 0 unspecified atom stereocenters. The molecule has 0 saturated carbocycles. The van der Waals surface area contributed by atoms with E-state index in [2.05, 4.69) is 29.6 Å². The lowest BCUT2D eigenvalue weighted by Crippen LogP contribution is -2.17. The molecule has 0 aliphatic heterocycles. The molecular formula is C22H20N2O3. The van der Waals surface area contributed by atoms with E-state index in [4.69, 9.17) is 4.74 Å². The lowest BCUT2D eigenvalue weighted by Gasteiger charge is -2.07. The first kappa shape index (κ1) is 18.2. The maximum Gasteiger partial charge on any atom is 0.275 e. The number of phenolic OH excluding ortho intramolecular Hbond substituents is 1.